The Kier molecular flexibility index (Phi) is 4.84. The van der Waals surface area contributed by atoms with Crippen molar-refractivity contribution < 1.29 is 0 Å². The molecule has 0 saturated heterocycles. The Balaban J connectivity index is 2.24. The van der Waals surface area contributed by atoms with Gasteiger partial charge >= 0.3 is 0 Å². The molecule has 5 heteroatoms. The molecule has 108 valence electrons. The predicted octanol–water partition coefficient (Wildman–Crippen LogP) is 2.11. The van der Waals surface area contributed by atoms with E-state index in [1.165, 1.54) is 11.1 Å². The van der Waals surface area contributed by atoms with Crippen molar-refractivity contribution in [2.24, 2.45) is 7.05 Å². The lowest BCUT2D eigenvalue weighted by Crippen LogP contribution is -2.25. The number of aromatic nitrogens is 4. The first-order valence-corrected chi connectivity index (χ1v) is 7.12. The van der Waals surface area contributed by atoms with Gasteiger partial charge in [-0.25, -0.2) is 0 Å². The summed E-state index contributed by atoms with van der Waals surface area (Å²) in [5.41, 5.74) is 4.41. The summed E-state index contributed by atoms with van der Waals surface area (Å²) in [6, 6.07) is 2.39. The van der Waals surface area contributed by atoms with Crippen LogP contribution in [0.2, 0.25) is 0 Å². The highest BCUT2D eigenvalue weighted by Gasteiger charge is 2.16. The molecule has 0 aliphatic heterocycles. The molecule has 0 spiro atoms. The third-order valence-corrected chi connectivity index (χ3v) is 3.35. The first-order valence-electron chi connectivity index (χ1n) is 7.12. The van der Waals surface area contributed by atoms with Crippen LogP contribution >= 0.6 is 0 Å². The van der Waals surface area contributed by atoms with Gasteiger partial charge in [-0.05, 0) is 50.4 Å². The summed E-state index contributed by atoms with van der Waals surface area (Å²) < 4.78 is 1.84. The number of rotatable bonds is 6. The second-order valence-corrected chi connectivity index (χ2v) is 5.26. The summed E-state index contributed by atoms with van der Waals surface area (Å²) in [6.45, 7) is 7.17. The Morgan fingerprint density at radius 1 is 1.30 bits per heavy atom. The van der Waals surface area contributed by atoms with E-state index in [-0.39, 0.29) is 6.04 Å². The fourth-order valence-corrected chi connectivity index (χ4v) is 2.35. The fourth-order valence-electron chi connectivity index (χ4n) is 2.35. The maximum Gasteiger partial charge on any atom is 0.0648 e. The summed E-state index contributed by atoms with van der Waals surface area (Å²) in [6.07, 6.45) is 6.02. The lowest BCUT2D eigenvalue weighted by Gasteiger charge is -2.20. The molecule has 2 aromatic heterocycles. The minimum absolute atomic E-state index is 0.258. The summed E-state index contributed by atoms with van der Waals surface area (Å²) in [7, 11) is 1.95. The van der Waals surface area contributed by atoms with Gasteiger partial charge in [0.25, 0.3) is 0 Å². The van der Waals surface area contributed by atoms with Gasteiger partial charge in [-0.1, -0.05) is 6.92 Å². The first kappa shape index (κ1) is 14.7. The summed E-state index contributed by atoms with van der Waals surface area (Å²) >= 11 is 0. The minimum Gasteiger partial charge on any atom is -0.310 e. The molecule has 0 fully saturated rings. The molecule has 1 N–H and O–H groups in total. The molecule has 0 aliphatic carbocycles. The Morgan fingerprint density at radius 3 is 2.75 bits per heavy atom. The molecule has 0 aliphatic rings. The zero-order chi connectivity index (χ0) is 14.5. The second-order valence-electron chi connectivity index (χ2n) is 5.26. The van der Waals surface area contributed by atoms with Gasteiger partial charge in [0.2, 0.25) is 0 Å². The van der Waals surface area contributed by atoms with Crippen LogP contribution in [-0.2, 0) is 13.5 Å². The summed E-state index contributed by atoms with van der Waals surface area (Å²) in [5, 5.41) is 16.2. The van der Waals surface area contributed by atoms with Gasteiger partial charge < -0.3 is 5.32 Å². The summed E-state index contributed by atoms with van der Waals surface area (Å²) in [4.78, 5) is 0. The third kappa shape index (κ3) is 3.63. The highest BCUT2D eigenvalue weighted by Crippen LogP contribution is 2.21. The lowest BCUT2D eigenvalue weighted by molar-refractivity contribution is 0.523. The van der Waals surface area contributed by atoms with Gasteiger partial charge in [-0.15, -0.1) is 0 Å². The smallest absolute Gasteiger partial charge is 0.0648 e. The highest BCUT2D eigenvalue weighted by molar-refractivity contribution is 5.25. The maximum absolute atomic E-state index is 4.24. The Hall–Kier alpha value is -1.75. The van der Waals surface area contributed by atoms with E-state index in [4.69, 9.17) is 0 Å². The average molecular weight is 273 g/mol. The van der Waals surface area contributed by atoms with E-state index in [1.807, 2.05) is 31.8 Å². The van der Waals surface area contributed by atoms with Crippen molar-refractivity contribution in [1.29, 1.82) is 0 Å². The minimum atomic E-state index is 0.258. The van der Waals surface area contributed by atoms with Gasteiger partial charge in [-0.2, -0.15) is 15.3 Å². The zero-order valence-corrected chi connectivity index (χ0v) is 12.7. The molecular formula is C15H23N5. The molecule has 0 radical (unpaired) electrons. The van der Waals surface area contributed by atoms with Crippen LogP contribution in [0, 0.1) is 13.8 Å². The van der Waals surface area contributed by atoms with Crippen LogP contribution in [0.5, 0.6) is 0 Å². The van der Waals surface area contributed by atoms with Crippen LogP contribution in [0.4, 0.5) is 0 Å². The van der Waals surface area contributed by atoms with Crippen LogP contribution in [0.15, 0.2) is 18.5 Å². The predicted molar refractivity (Wildman–Crippen MR) is 79.5 cm³/mol. The van der Waals surface area contributed by atoms with Crippen molar-refractivity contribution in [2.45, 2.75) is 39.7 Å². The van der Waals surface area contributed by atoms with Crippen molar-refractivity contribution in [3.05, 3.63) is 41.0 Å². The van der Waals surface area contributed by atoms with E-state index in [0.29, 0.717) is 0 Å². The van der Waals surface area contributed by atoms with Crippen LogP contribution in [0.3, 0.4) is 0 Å². The van der Waals surface area contributed by atoms with E-state index in [9.17, 15) is 0 Å². The number of aryl methyl sites for hydroxylation is 3. The molecule has 0 amide bonds. The maximum atomic E-state index is 4.24. The Labute approximate surface area is 120 Å². The zero-order valence-electron chi connectivity index (χ0n) is 12.7. The molecule has 20 heavy (non-hydrogen) atoms. The molecule has 0 aromatic carbocycles. The first-order chi connectivity index (χ1) is 9.60. The molecule has 2 rings (SSSR count). The fraction of sp³-hybridized carbons (Fsp3) is 0.533. The van der Waals surface area contributed by atoms with Crippen LogP contribution in [0.1, 0.15) is 41.9 Å². The molecule has 5 nitrogen and oxygen atoms in total. The molecule has 2 aromatic rings. The van der Waals surface area contributed by atoms with Crippen LogP contribution in [0.25, 0.3) is 0 Å². The van der Waals surface area contributed by atoms with Gasteiger partial charge in [0, 0.05) is 19.3 Å². The standard InChI is InChI=1S/C15H23N5/c1-5-6-16-15(8-13-9-17-20(4)10-13)14-7-11(2)18-19-12(14)3/h7,9-10,15-16H,5-6,8H2,1-4H3. The van der Waals surface area contributed by atoms with E-state index in [0.717, 1.165) is 30.8 Å². The van der Waals surface area contributed by atoms with Crippen LogP contribution < -0.4 is 5.32 Å². The van der Waals surface area contributed by atoms with Gasteiger partial charge in [-0.3, -0.25) is 4.68 Å². The molecule has 1 atom stereocenters. The van der Waals surface area contributed by atoms with E-state index >= 15 is 0 Å². The molecule has 0 bridgehead atoms. The second kappa shape index (κ2) is 6.61. The van der Waals surface area contributed by atoms with Crippen molar-refractivity contribution in [3.8, 4) is 0 Å². The Morgan fingerprint density at radius 2 is 2.10 bits per heavy atom. The third-order valence-electron chi connectivity index (χ3n) is 3.35. The van der Waals surface area contributed by atoms with E-state index in [1.54, 1.807) is 0 Å². The number of hydrogen-bond acceptors (Lipinski definition) is 4. The lowest BCUT2D eigenvalue weighted by atomic mass is 9.99. The molecule has 0 saturated carbocycles. The van der Waals surface area contributed by atoms with Gasteiger partial charge in [0.1, 0.15) is 0 Å². The number of hydrogen-bond donors (Lipinski definition) is 1. The van der Waals surface area contributed by atoms with Crippen molar-refractivity contribution >= 4 is 0 Å². The van der Waals surface area contributed by atoms with E-state index in [2.05, 4.69) is 39.8 Å². The number of nitrogens with zero attached hydrogens (tertiary/aromatic N) is 4. The molecular weight excluding hydrogens is 250 g/mol. The topological polar surface area (TPSA) is 55.6 Å². The quantitative estimate of drug-likeness (QED) is 0.876. The van der Waals surface area contributed by atoms with Gasteiger partial charge in [0.05, 0.1) is 17.6 Å². The SMILES string of the molecule is CCCNC(Cc1cnn(C)c1)c1cc(C)nnc1C. The van der Waals surface area contributed by atoms with Crippen molar-refractivity contribution in [2.75, 3.05) is 6.54 Å². The largest absolute Gasteiger partial charge is 0.310 e. The molecule has 1 unspecified atom stereocenters. The number of nitrogens with one attached hydrogen (secondary N) is 1. The Bertz CT molecular complexity index is 561. The van der Waals surface area contributed by atoms with Crippen LogP contribution in [-0.4, -0.2) is 26.5 Å². The molecule has 2 heterocycles. The van der Waals surface area contributed by atoms with Gasteiger partial charge in [0.15, 0.2) is 0 Å². The summed E-state index contributed by atoms with van der Waals surface area (Å²) in [5.74, 6) is 0. The monoisotopic (exact) mass is 273 g/mol. The normalized spacial score (nSPS) is 12.6. The highest BCUT2D eigenvalue weighted by atomic mass is 15.2. The average Bonchev–Trinajstić information content (AvgIpc) is 2.83. The van der Waals surface area contributed by atoms with Crippen molar-refractivity contribution in [3.63, 3.8) is 0 Å². The van der Waals surface area contributed by atoms with E-state index < -0.39 is 0 Å². The van der Waals surface area contributed by atoms with Crippen molar-refractivity contribution in [1.82, 2.24) is 25.3 Å².